The Morgan fingerprint density at radius 2 is 2.00 bits per heavy atom. The first-order valence-electron chi connectivity index (χ1n) is 7.02. The standard InChI is InChI=1S/C15H17FN2O3/c1-21-10-4-5-11(16)12(8-10)18-9-13(19)17-15(14(18)20)6-2-3-7-15/h4-5,8H,2-3,6-7,9H2,1H3,(H,17,19). The van der Waals surface area contributed by atoms with Gasteiger partial charge in [0.15, 0.2) is 0 Å². The minimum atomic E-state index is -0.856. The number of carbonyl (C=O) groups excluding carboxylic acids is 2. The molecule has 1 aliphatic carbocycles. The number of nitrogens with one attached hydrogen (secondary N) is 1. The molecule has 2 amide bonds. The summed E-state index contributed by atoms with van der Waals surface area (Å²) in [6.07, 6.45) is 3.00. The Kier molecular flexibility index (Phi) is 3.31. The van der Waals surface area contributed by atoms with Crippen LogP contribution in [0.1, 0.15) is 25.7 Å². The molecule has 1 spiro atoms. The second-order valence-corrected chi connectivity index (χ2v) is 5.55. The lowest BCUT2D eigenvalue weighted by Gasteiger charge is -2.39. The summed E-state index contributed by atoms with van der Waals surface area (Å²) in [5.41, 5.74) is -0.759. The summed E-state index contributed by atoms with van der Waals surface area (Å²) in [6, 6.07) is 4.18. The van der Waals surface area contributed by atoms with Crippen LogP contribution < -0.4 is 15.0 Å². The van der Waals surface area contributed by atoms with Crippen molar-refractivity contribution in [1.29, 1.82) is 0 Å². The number of benzene rings is 1. The molecule has 1 aromatic carbocycles. The highest BCUT2D eigenvalue weighted by Crippen LogP contribution is 2.36. The summed E-state index contributed by atoms with van der Waals surface area (Å²) in [5, 5.41) is 2.81. The summed E-state index contributed by atoms with van der Waals surface area (Å²) >= 11 is 0. The van der Waals surface area contributed by atoms with E-state index in [0.717, 1.165) is 12.8 Å². The lowest BCUT2D eigenvalue weighted by molar-refractivity contribution is -0.135. The van der Waals surface area contributed by atoms with E-state index in [1.165, 1.54) is 30.2 Å². The minimum absolute atomic E-state index is 0.0977. The third-order valence-electron chi connectivity index (χ3n) is 4.24. The molecule has 0 bridgehead atoms. The predicted molar refractivity (Wildman–Crippen MR) is 74.6 cm³/mol. The van der Waals surface area contributed by atoms with E-state index in [1.807, 2.05) is 0 Å². The number of anilines is 1. The van der Waals surface area contributed by atoms with Crippen LogP contribution in [0.4, 0.5) is 10.1 Å². The van der Waals surface area contributed by atoms with Crippen molar-refractivity contribution in [2.24, 2.45) is 0 Å². The fourth-order valence-electron chi connectivity index (χ4n) is 3.17. The van der Waals surface area contributed by atoms with Crippen LogP contribution in [-0.4, -0.2) is 31.0 Å². The molecule has 1 N–H and O–H groups in total. The highest BCUT2D eigenvalue weighted by Gasteiger charge is 2.49. The molecule has 0 aromatic heterocycles. The van der Waals surface area contributed by atoms with E-state index in [-0.39, 0.29) is 24.0 Å². The van der Waals surface area contributed by atoms with Gasteiger partial charge in [-0.25, -0.2) is 4.39 Å². The van der Waals surface area contributed by atoms with Crippen LogP contribution in [0, 0.1) is 5.82 Å². The molecule has 1 aromatic rings. The Morgan fingerprint density at radius 3 is 2.67 bits per heavy atom. The highest BCUT2D eigenvalue weighted by atomic mass is 19.1. The van der Waals surface area contributed by atoms with Crippen LogP contribution in [0.25, 0.3) is 0 Å². The van der Waals surface area contributed by atoms with Gasteiger partial charge >= 0.3 is 0 Å². The number of rotatable bonds is 2. The van der Waals surface area contributed by atoms with Crippen molar-refractivity contribution >= 4 is 17.5 Å². The smallest absolute Gasteiger partial charge is 0.253 e. The average molecular weight is 292 g/mol. The van der Waals surface area contributed by atoms with Gasteiger partial charge in [-0.1, -0.05) is 12.8 Å². The molecule has 0 radical (unpaired) electrons. The van der Waals surface area contributed by atoms with Crippen LogP contribution in [0.15, 0.2) is 18.2 Å². The van der Waals surface area contributed by atoms with Gasteiger partial charge in [-0.3, -0.25) is 14.5 Å². The summed E-state index contributed by atoms with van der Waals surface area (Å²) in [5.74, 6) is -0.567. The molecule has 2 aliphatic rings. The monoisotopic (exact) mass is 292 g/mol. The summed E-state index contributed by atoms with van der Waals surface area (Å²) in [6.45, 7) is -0.162. The number of piperazine rings is 1. The van der Waals surface area contributed by atoms with Crippen molar-refractivity contribution in [1.82, 2.24) is 5.32 Å². The number of hydrogen-bond donors (Lipinski definition) is 1. The molecule has 21 heavy (non-hydrogen) atoms. The molecule has 112 valence electrons. The third-order valence-corrected chi connectivity index (χ3v) is 4.24. The second kappa shape index (κ2) is 5.02. The second-order valence-electron chi connectivity index (χ2n) is 5.55. The quantitative estimate of drug-likeness (QED) is 0.901. The Bertz CT molecular complexity index is 597. The molecule has 3 rings (SSSR count). The van der Waals surface area contributed by atoms with E-state index in [9.17, 15) is 14.0 Å². The fraction of sp³-hybridized carbons (Fsp3) is 0.467. The number of hydrogen-bond acceptors (Lipinski definition) is 3. The fourth-order valence-corrected chi connectivity index (χ4v) is 3.17. The number of nitrogens with zero attached hydrogens (tertiary/aromatic N) is 1. The zero-order valence-corrected chi connectivity index (χ0v) is 11.8. The van der Waals surface area contributed by atoms with E-state index in [0.29, 0.717) is 18.6 Å². The topological polar surface area (TPSA) is 58.6 Å². The Morgan fingerprint density at radius 1 is 1.29 bits per heavy atom. The van der Waals surface area contributed by atoms with Crippen molar-refractivity contribution in [2.45, 2.75) is 31.2 Å². The van der Waals surface area contributed by atoms with E-state index in [2.05, 4.69) is 5.32 Å². The zero-order chi connectivity index (χ0) is 15.0. The largest absolute Gasteiger partial charge is 0.497 e. The maximum Gasteiger partial charge on any atom is 0.253 e. The molecular weight excluding hydrogens is 275 g/mol. The lowest BCUT2D eigenvalue weighted by atomic mass is 9.92. The normalized spacial score (nSPS) is 20.8. The van der Waals surface area contributed by atoms with Gasteiger partial charge in [0.1, 0.15) is 23.7 Å². The summed E-state index contributed by atoms with van der Waals surface area (Å²) in [7, 11) is 1.47. The van der Waals surface area contributed by atoms with Gasteiger partial charge in [0.05, 0.1) is 12.8 Å². The lowest BCUT2D eigenvalue weighted by Crippen LogP contribution is -2.65. The molecule has 1 aliphatic heterocycles. The van der Waals surface area contributed by atoms with E-state index in [1.54, 1.807) is 0 Å². The SMILES string of the molecule is COc1ccc(F)c(N2CC(=O)NC3(CCCC3)C2=O)c1. The summed E-state index contributed by atoms with van der Waals surface area (Å²) < 4.78 is 19.2. The molecule has 5 nitrogen and oxygen atoms in total. The van der Waals surface area contributed by atoms with Gasteiger partial charge in [0.25, 0.3) is 5.91 Å². The maximum atomic E-state index is 14.1. The predicted octanol–water partition coefficient (Wildman–Crippen LogP) is 1.61. The zero-order valence-electron chi connectivity index (χ0n) is 11.8. The Hall–Kier alpha value is -2.11. The molecule has 2 fully saturated rings. The molecule has 1 saturated carbocycles. The van der Waals surface area contributed by atoms with E-state index >= 15 is 0 Å². The van der Waals surface area contributed by atoms with Gasteiger partial charge in [-0.05, 0) is 25.0 Å². The van der Waals surface area contributed by atoms with E-state index < -0.39 is 11.4 Å². The number of amides is 2. The van der Waals surface area contributed by atoms with Crippen molar-refractivity contribution in [3.63, 3.8) is 0 Å². The molecule has 0 unspecified atom stereocenters. The third kappa shape index (κ3) is 2.24. The molecule has 0 atom stereocenters. The van der Waals surface area contributed by atoms with Gasteiger partial charge < -0.3 is 10.1 Å². The van der Waals surface area contributed by atoms with Crippen LogP contribution in [0.3, 0.4) is 0 Å². The van der Waals surface area contributed by atoms with Gasteiger partial charge in [-0.2, -0.15) is 0 Å². The van der Waals surface area contributed by atoms with Crippen LogP contribution >= 0.6 is 0 Å². The van der Waals surface area contributed by atoms with Crippen LogP contribution in [-0.2, 0) is 9.59 Å². The van der Waals surface area contributed by atoms with Crippen molar-refractivity contribution in [3.8, 4) is 5.75 Å². The molecule has 6 heteroatoms. The summed E-state index contributed by atoms with van der Waals surface area (Å²) in [4.78, 5) is 25.9. The Balaban J connectivity index is 2.01. The van der Waals surface area contributed by atoms with E-state index in [4.69, 9.17) is 4.74 Å². The first-order valence-corrected chi connectivity index (χ1v) is 7.02. The number of halogens is 1. The van der Waals surface area contributed by atoms with Gasteiger partial charge in [0, 0.05) is 6.07 Å². The molecular formula is C15H17FN2O3. The van der Waals surface area contributed by atoms with Crippen molar-refractivity contribution < 1.29 is 18.7 Å². The molecule has 1 heterocycles. The number of methoxy groups -OCH3 is 1. The van der Waals surface area contributed by atoms with Gasteiger partial charge in [-0.15, -0.1) is 0 Å². The Labute approximate surface area is 122 Å². The highest BCUT2D eigenvalue weighted by molar-refractivity contribution is 6.09. The van der Waals surface area contributed by atoms with Crippen LogP contribution in [0.2, 0.25) is 0 Å². The number of ether oxygens (including phenoxy) is 1. The minimum Gasteiger partial charge on any atom is -0.497 e. The van der Waals surface area contributed by atoms with Crippen molar-refractivity contribution in [3.05, 3.63) is 24.0 Å². The first kappa shape index (κ1) is 13.9. The van der Waals surface area contributed by atoms with Crippen LogP contribution in [0.5, 0.6) is 5.75 Å². The average Bonchev–Trinajstić information content (AvgIpc) is 2.93. The van der Waals surface area contributed by atoms with Crippen molar-refractivity contribution in [2.75, 3.05) is 18.6 Å². The maximum absolute atomic E-state index is 14.1. The molecule has 1 saturated heterocycles. The first-order chi connectivity index (χ1) is 10.1. The number of carbonyl (C=O) groups is 2. The van der Waals surface area contributed by atoms with Gasteiger partial charge in [0.2, 0.25) is 5.91 Å².